The number of rotatable bonds is 4. The number of urea groups is 1. The van der Waals surface area contributed by atoms with E-state index in [0.29, 0.717) is 10.7 Å². The summed E-state index contributed by atoms with van der Waals surface area (Å²) in [7, 11) is 1.35. The zero-order valence-electron chi connectivity index (χ0n) is 12.9. The molecule has 0 radical (unpaired) electrons. The van der Waals surface area contributed by atoms with Crippen LogP contribution in [0.25, 0.3) is 0 Å². The van der Waals surface area contributed by atoms with Gasteiger partial charge in [-0.05, 0) is 35.9 Å². The Morgan fingerprint density at radius 1 is 1.00 bits per heavy atom. The van der Waals surface area contributed by atoms with Crippen molar-refractivity contribution in [3.63, 3.8) is 0 Å². The first-order valence-electron chi connectivity index (χ1n) is 7.01. The van der Waals surface area contributed by atoms with E-state index in [1.807, 2.05) is 0 Å². The number of halogens is 4. The van der Waals surface area contributed by atoms with Gasteiger partial charge in [-0.25, -0.2) is 13.6 Å². The number of amides is 3. The molecule has 0 aliphatic carbocycles. The van der Waals surface area contributed by atoms with Crippen molar-refractivity contribution in [2.45, 2.75) is 6.04 Å². The lowest BCUT2D eigenvalue weighted by molar-refractivity contribution is -0.122. The van der Waals surface area contributed by atoms with Crippen molar-refractivity contribution in [1.82, 2.24) is 10.6 Å². The minimum Gasteiger partial charge on any atom is -0.357 e. The zero-order valence-corrected chi connectivity index (χ0v) is 14.4. The molecule has 0 fully saturated rings. The summed E-state index contributed by atoms with van der Waals surface area (Å²) < 4.78 is 26.5. The van der Waals surface area contributed by atoms with Crippen LogP contribution in [0.15, 0.2) is 36.4 Å². The van der Waals surface area contributed by atoms with Gasteiger partial charge in [0, 0.05) is 12.7 Å². The second-order valence-corrected chi connectivity index (χ2v) is 5.76. The third-order valence-corrected chi connectivity index (χ3v) is 3.98. The molecule has 2 aromatic carbocycles. The van der Waals surface area contributed by atoms with E-state index in [0.717, 1.165) is 12.1 Å². The molecule has 3 amide bonds. The Bertz CT molecular complexity index is 818. The molecule has 0 heterocycles. The summed E-state index contributed by atoms with van der Waals surface area (Å²) in [5.41, 5.74) is 0.426. The third-order valence-electron chi connectivity index (χ3n) is 3.24. The molecule has 9 heteroatoms. The van der Waals surface area contributed by atoms with Crippen molar-refractivity contribution in [3.8, 4) is 0 Å². The van der Waals surface area contributed by atoms with Crippen LogP contribution in [0.4, 0.5) is 19.3 Å². The maximum absolute atomic E-state index is 13.4. The van der Waals surface area contributed by atoms with Crippen LogP contribution in [0, 0.1) is 11.6 Å². The zero-order chi connectivity index (χ0) is 18.6. The highest BCUT2D eigenvalue weighted by Crippen LogP contribution is 2.25. The number of carbonyl (C=O) groups excluding carboxylic acids is 2. The largest absolute Gasteiger partial charge is 0.357 e. The number of hydrogen-bond donors (Lipinski definition) is 3. The molecule has 0 aliphatic heterocycles. The van der Waals surface area contributed by atoms with Gasteiger partial charge in [0.25, 0.3) is 0 Å². The van der Waals surface area contributed by atoms with Gasteiger partial charge in [0.1, 0.15) is 6.04 Å². The van der Waals surface area contributed by atoms with E-state index in [9.17, 15) is 18.4 Å². The van der Waals surface area contributed by atoms with Gasteiger partial charge < -0.3 is 16.0 Å². The van der Waals surface area contributed by atoms with Gasteiger partial charge in [0.2, 0.25) is 5.91 Å². The molecule has 0 saturated carbocycles. The summed E-state index contributed by atoms with van der Waals surface area (Å²) >= 11 is 11.6. The summed E-state index contributed by atoms with van der Waals surface area (Å²) in [5, 5.41) is 7.76. The van der Waals surface area contributed by atoms with Crippen LogP contribution in [0.5, 0.6) is 0 Å². The van der Waals surface area contributed by atoms with Crippen LogP contribution in [-0.2, 0) is 4.79 Å². The van der Waals surface area contributed by atoms with E-state index in [1.165, 1.54) is 31.3 Å². The van der Waals surface area contributed by atoms with Gasteiger partial charge in [0.15, 0.2) is 11.6 Å². The molecule has 0 saturated heterocycles. The molecule has 2 rings (SSSR count). The van der Waals surface area contributed by atoms with Crippen molar-refractivity contribution in [2.24, 2.45) is 0 Å². The lowest BCUT2D eigenvalue weighted by Gasteiger charge is -2.18. The van der Waals surface area contributed by atoms with Gasteiger partial charge >= 0.3 is 6.03 Å². The fourth-order valence-electron chi connectivity index (χ4n) is 2.01. The standard InChI is InChI=1S/C16H13Cl2F2N3O2/c1-21-15(24)14(8-2-5-12(19)13(20)6-8)23-16(25)22-9-3-4-10(17)11(18)7-9/h2-7,14H,1H3,(H,21,24)(H2,22,23,25). The Hall–Kier alpha value is -2.38. The smallest absolute Gasteiger partial charge is 0.320 e. The molecular formula is C16H13Cl2F2N3O2. The molecule has 5 nitrogen and oxygen atoms in total. The predicted molar refractivity (Wildman–Crippen MR) is 91.8 cm³/mol. The Labute approximate surface area is 152 Å². The van der Waals surface area contributed by atoms with E-state index in [-0.39, 0.29) is 10.6 Å². The second-order valence-electron chi connectivity index (χ2n) is 4.95. The minimum atomic E-state index is -1.22. The van der Waals surface area contributed by atoms with E-state index in [4.69, 9.17) is 23.2 Å². The number of nitrogens with one attached hydrogen (secondary N) is 3. The third kappa shape index (κ3) is 4.80. The molecule has 132 valence electrons. The second kappa shape index (κ2) is 8.13. The number of likely N-dealkylation sites (N-methyl/N-ethyl adjacent to an activating group) is 1. The lowest BCUT2D eigenvalue weighted by Crippen LogP contribution is -2.41. The first-order chi connectivity index (χ1) is 11.8. The van der Waals surface area contributed by atoms with E-state index >= 15 is 0 Å². The van der Waals surface area contributed by atoms with Crippen LogP contribution in [-0.4, -0.2) is 19.0 Å². The van der Waals surface area contributed by atoms with Crippen molar-refractivity contribution in [3.05, 3.63) is 63.6 Å². The maximum Gasteiger partial charge on any atom is 0.320 e. The van der Waals surface area contributed by atoms with E-state index < -0.39 is 29.6 Å². The van der Waals surface area contributed by atoms with Crippen molar-refractivity contribution in [1.29, 1.82) is 0 Å². The normalized spacial score (nSPS) is 11.6. The molecule has 0 aliphatic rings. The van der Waals surface area contributed by atoms with Gasteiger partial charge in [-0.15, -0.1) is 0 Å². The number of hydrogen-bond acceptors (Lipinski definition) is 2. The molecule has 0 aromatic heterocycles. The quantitative estimate of drug-likeness (QED) is 0.744. The first kappa shape index (κ1) is 19.0. The molecule has 0 bridgehead atoms. The monoisotopic (exact) mass is 387 g/mol. The fourth-order valence-corrected chi connectivity index (χ4v) is 2.31. The molecule has 1 unspecified atom stereocenters. The number of anilines is 1. The van der Waals surface area contributed by atoms with Crippen LogP contribution in [0.3, 0.4) is 0 Å². The molecular weight excluding hydrogens is 375 g/mol. The molecule has 1 atom stereocenters. The summed E-state index contributed by atoms with van der Waals surface area (Å²) in [6.45, 7) is 0. The number of carbonyl (C=O) groups is 2. The topological polar surface area (TPSA) is 70.2 Å². The Balaban J connectivity index is 2.18. The van der Waals surface area contributed by atoms with Crippen LogP contribution in [0.1, 0.15) is 11.6 Å². The summed E-state index contributed by atoms with van der Waals surface area (Å²) in [6, 6.07) is 5.40. The SMILES string of the molecule is CNC(=O)C(NC(=O)Nc1ccc(Cl)c(Cl)c1)c1ccc(F)c(F)c1. The number of benzene rings is 2. The summed E-state index contributed by atoms with van der Waals surface area (Å²) in [4.78, 5) is 24.1. The van der Waals surface area contributed by atoms with Crippen LogP contribution < -0.4 is 16.0 Å². The highest BCUT2D eigenvalue weighted by atomic mass is 35.5. The van der Waals surface area contributed by atoms with Crippen molar-refractivity contribution >= 4 is 40.8 Å². The van der Waals surface area contributed by atoms with Crippen LogP contribution in [0.2, 0.25) is 10.0 Å². The highest BCUT2D eigenvalue weighted by Gasteiger charge is 2.23. The summed E-state index contributed by atoms with van der Waals surface area (Å²) in [6.07, 6.45) is 0. The average molecular weight is 388 g/mol. The maximum atomic E-state index is 13.4. The molecule has 25 heavy (non-hydrogen) atoms. The highest BCUT2D eigenvalue weighted by molar-refractivity contribution is 6.42. The van der Waals surface area contributed by atoms with E-state index in [2.05, 4.69) is 16.0 Å². The van der Waals surface area contributed by atoms with Gasteiger partial charge in [-0.2, -0.15) is 0 Å². The van der Waals surface area contributed by atoms with E-state index in [1.54, 1.807) is 0 Å². The Kier molecular flexibility index (Phi) is 6.17. The molecule has 3 N–H and O–H groups in total. The van der Waals surface area contributed by atoms with Gasteiger partial charge in [-0.1, -0.05) is 29.3 Å². The Morgan fingerprint density at radius 2 is 1.72 bits per heavy atom. The van der Waals surface area contributed by atoms with Crippen molar-refractivity contribution in [2.75, 3.05) is 12.4 Å². The lowest BCUT2D eigenvalue weighted by atomic mass is 10.1. The predicted octanol–water partition coefficient (Wildman–Crippen LogP) is 3.88. The molecule has 0 spiro atoms. The first-order valence-corrected chi connectivity index (χ1v) is 7.76. The Morgan fingerprint density at radius 3 is 2.32 bits per heavy atom. The summed E-state index contributed by atoms with van der Waals surface area (Å²) in [5.74, 6) is -2.78. The van der Waals surface area contributed by atoms with Gasteiger partial charge in [-0.3, -0.25) is 4.79 Å². The van der Waals surface area contributed by atoms with Crippen molar-refractivity contribution < 1.29 is 18.4 Å². The minimum absolute atomic E-state index is 0.0857. The van der Waals surface area contributed by atoms with Crippen LogP contribution >= 0.6 is 23.2 Å². The van der Waals surface area contributed by atoms with Gasteiger partial charge in [0.05, 0.1) is 10.0 Å². The fraction of sp³-hybridized carbons (Fsp3) is 0.125. The average Bonchev–Trinajstić information content (AvgIpc) is 2.58. The molecule has 2 aromatic rings.